The number of halogens is 3. The fourth-order valence-electron chi connectivity index (χ4n) is 3.80. The Kier molecular flexibility index (Phi) is 7.83. The van der Waals surface area contributed by atoms with Gasteiger partial charge in [-0.25, -0.2) is 9.37 Å². The average molecular weight is 487 g/mol. The van der Waals surface area contributed by atoms with E-state index in [0.29, 0.717) is 11.3 Å². The lowest BCUT2D eigenvalue weighted by Gasteiger charge is -2.36. The molecule has 8 heteroatoms. The van der Waals surface area contributed by atoms with Crippen LogP contribution in [0.15, 0.2) is 66.9 Å². The molecule has 33 heavy (non-hydrogen) atoms. The zero-order chi connectivity index (χ0) is 23.2. The highest BCUT2D eigenvalue weighted by molar-refractivity contribution is 6.30. The summed E-state index contributed by atoms with van der Waals surface area (Å²) in [5.74, 6) is -0.368. The molecule has 172 valence electrons. The molecule has 0 spiro atoms. The highest BCUT2D eigenvalue weighted by atomic mass is 35.5. The quantitative estimate of drug-likeness (QED) is 0.342. The first-order valence-corrected chi connectivity index (χ1v) is 11.5. The molecule has 1 unspecified atom stereocenters. The number of rotatable bonds is 7. The van der Waals surface area contributed by atoms with E-state index in [1.54, 1.807) is 18.2 Å². The van der Waals surface area contributed by atoms with Gasteiger partial charge in [0.1, 0.15) is 11.0 Å². The Morgan fingerprint density at radius 3 is 2.52 bits per heavy atom. The molecule has 2 heterocycles. The second-order valence-electron chi connectivity index (χ2n) is 7.86. The first kappa shape index (κ1) is 23.5. The standard InChI is InChI=1S/C25H25Cl2FN4O/c26-20-5-3-18(4-6-20)2-1-11-31-12-14-32(15-13-31)23-8-7-21(28)17-22(23)30-25(33)19-9-10-29-24(27)16-19/h1-10,16-17,25,30,33H,11-15H2/b2-1+. The lowest BCUT2D eigenvalue weighted by Crippen LogP contribution is -2.46. The summed E-state index contributed by atoms with van der Waals surface area (Å²) < 4.78 is 14.0. The maximum absolute atomic E-state index is 14.0. The van der Waals surface area contributed by atoms with Crippen molar-refractivity contribution in [3.8, 4) is 0 Å². The molecule has 0 saturated carbocycles. The molecule has 4 rings (SSSR count). The van der Waals surface area contributed by atoms with E-state index < -0.39 is 6.23 Å². The molecule has 1 aliphatic rings. The third kappa shape index (κ3) is 6.45. The third-order valence-electron chi connectivity index (χ3n) is 5.57. The summed E-state index contributed by atoms with van der Waals surface area (Å²) in [6.45, 7) is 4.21. The SMILES string of the molecule is OC(Nc1cc(F)ccc1N1CCN(C/C=C/c2ccc(Cl)cc2)CC1)c1ccnc(Cl)c1. The summed E-state index contributed by atoms with van der Waals surface area (Å²) in [4.78, 5) is 8.50. The van der Waals surface area contributed by atoms with Crippen LogP contribution in [-0.2, 0) is 0 Å². The molecule has 1 aromatic heterocycles. The number of nitrogens with zero attached hydrogens (tertiary/aromatic N) is 3. The van der Waals surface area contributed by atoms with Crippen LogP contribution in [-0.4, -0.2) is 47.7 Å². The van der Waals surface area contributed by atoms with Gasteiger partial charge in [-0.3, -0.25) is 4.90 Å². The Morgan fingerprint density at radius 2 is 1.79 bits per heavy atom. The lowest BCUT2D eigenvalue weighted by molar-refractivity contribution is 0.208. The first-order chi connectivity index (χ1) is 16.0. The van der Waals surface area contributed by atoms with Gasteiger partial charge in [0.05, 0.1) is 11.4 Å². The van der Waals surface area contributed by atoms with Crippen LogP contribution in [0.5, 0.6) is 0 Å². The molecule has 5 nitrogen and oxygen atoms in total. The Balaban J connectivity index is 1.37. The number of hydrogen-bond acceptors (Lipinski definition) is 5. The van der Waals surface area contributed by atoms with Crippen molar-refractivity contribution in [2.75, 3.05) is 42.9 Å². The molecule has 2 N–H and O–H groups in total. The third-order valence-corrected chi connectivity index (χ3v) is 6.03. The van der Waals surface area contributed by atoms with Gasteiger partial charge in [0, 0.05) is 49.5 Å². The molecule has 1 saturated heterocycles. The molecular formula is C25H25Cl2FN4O. The van der Waals surface area contributed by atoms with Crippen molar-refractivity contribution in [2.45, 2.75) is 6.23 Å². The van der Waals surface area contributed by atoms with Gasteiger partial charge in [-0.2, -0.15) is 0 Å². The minimum atomic E-state index is -1.04. The highest BCUT2D eigenvalue weighted by Gasteiger charge is 2.20. The molecule has 1 aliphatic heterocycles. The lowest BCUT2D eigenvalue weighted by atomic mass is 10.1. The first-order valence-electron chi connectivity index (χ1n) is 10.7. The number of aromatic nitrogens is 1. The number of aliphatic hydroxyl groups is 1. The van der Waals surface area contributed by atoms with Crippen LogP contribution < -0.4 is 10.2 Å². The van der Waals surface area contributed by atoms with Crippen molar-refractivity contribution in [3.63, 3.8) is 0 Å². The van der Waals surface area contributed by atoms with E-state index in [-0.39, 0.29) is 11.0 Å². The number of benzene rings is 2. The van der Waals surface area contributed by atoms with E-state index >= 15 is 0 Å². The summed E-state index contributed by atoms with van der Waals surface area (Å²) in [6, 6.07) is 15.6. The minimum Gasteiger partial charge on any atom is -0.369 e. The van der Waals surface area contributed by atoms with Crippen LogP contribution in [0.4, 0.5) is 15.8 Å². The fourth-order valence-corrected chi connectivity index (χ4v) is 4.11. The molecule has 0 radical (unpaired) electrons. The van der Waals surface area contributed by atoms with E-state index in [1.807, 2.05) is 24.3 Å². The topological polar surface area (TPSA) is 51.6 Å². The Labute approximate surface area is 203 Å². The van der Waals surface area contributed by atoms with Gasteiger partial charge in [0.2, 0.25) is 0 Å². The second-order valence-corrected chi connectivity index (χ2v) is 8.69. The van der Waals surface area contributed by atoms with Crippen LogP contribution in [0.25, 0.3) is 6.08 Å². The molecule has 1 atom stereocenters. The number of pyridine rings is 1. The maximum atomic E-state index is 14.0. The zero-order valence-corrected chi connectivity index (χ0v) is 19.5. The minimum absolute atomic E-state index is 0.286. The summed E-state index contributed by atoms with van der Waals surface area (Å²) in [5.41, 5.74) is 3.06. The molecule has 0 amide bonds. The summed E-state index contributed by atoms with van der Waals surface area (Å²) in [5, 5.41) is 14.6. The average Bonchev–Trinajstić information content (AvgIpc) is 2.81. The van der Waals surface area contributed by atoms with Crippen molar-refractivity contribution in [2.24, 2.45) is 0 Å². The van der Waals surface area contributed by atoms with Crippen molar-refractivity contribution in [1.82, 2.24) is 9.88 Å². The number of anilines is 2. The Bertz CT molecular complexity index is 1100. The normalized spacial score (nSPS) is 15.7. The van der Waals surface area contributed by atoms with Crippen LogP contribution in [0.3, 0.4) is 0 Å². The highest BCUT2D eigenvalue weighted by Crippen LogP contribution is 2.31. The summed E-state index contributed by atoms with van der Waals surface area (Å²) in [7, 11) is 0. The van der Waals surface area contributed by atoms with E-state index in [4.69, 9.17) is 23.2 Å². The Morgan fingerprint density at radius 1 is 1.03 bits per heavy atom. The van der Waals surface area contributed by atoms with E-state index in [1.165, 1.54) is 18.3 Å². The van der Waals surface area contributed by atoms with Gasteiger partial charge in [0.25, 0.3) is 0 Å². The molecule has 0 aliphatic carbocycles. The van der Waals surface area contributed by atoms with Gasteiger partial charge in [-0.1, -0.05) is 47.5 Å². The van der Waals surface area contributed by atoms with Crippen LogP contribution in [0.2, 0.25) is 10.2 Å². The molecule has 0 bridgehead atoms. The van der Waals surface area contributed by atoms with Crippen molar-refractivity contribution in [1.29, 1.82) is 0 Å². The number of hydrogen-bond donors (Lipinski definition) is 2. The van der Waals surface area contributed by atoms with Crippen LogP contribution in [0, 0.1) is 5.82 Å². The molecule has 3 aromatic rings. The number of nitrogens with one attached hydrogen (secondary N) is 1. The van der Waals surface area contributed by atoms with Gasteiger partial charge in [-0.15, -0.1) is 0 Å². The van der Waals surface area contributed by atoms with Crippen molar-refractivity contribution < 1.29 is 9.50 Å². The van der Waals surface area contributed by atoms with Gasteiger partial charge in [-0.05, 0) is 48.0 Å². The van der Waals surface area contributed by atoms with Crippen LogP contribution in [0.1, 0.15) is 17.4 Å². The number of piperazine rings is 1. The van der Waals surface area contributed by atoms with E-state index in [0.717, 1.165) is 49.0 Å². The predicted molar refractivity (Wildman–Crippen MR) is 133 cm³/mol. The van der Waals surface area contributed by atoms with E-state index in [9.17, 15) is 9.50 Å². The number of aliphatic hydroxyl groups excluding tert-OH is 1. The smallest absolute Gasteiger partial charge is 0.151 e. The molecular weight excluding hydrogens is 462 g/mol. The molecule has 2 aromatic carbocycles. The maximum Gasteiger partial charge on any atom is 0.151 e. The Hall–Kier alpha value is -2.64. The fraction of sp³-hybridized carbons (Fsp3) is 0.240. The van der Waals surface area contributed by atoms with Crippen molar-refractivity contribution in [3.05, 3.63) is 94.0 Å². The van der Waals surface area contributed by atoms with Gasteiger partial charge >= 0.3 is 0 Å². The second kappa shape index (κ2) is 11.0. The van der Waals surface area contributed by atoms with Crippen LogP contribution >= 0.6 is 23.2 Å². The monoisotopic (exact) mass is 486 g/mol. The van der Waals surface area contributed by atoms with Gasteiger partial charge < -0.3 is 15.3 Å². The van der Waals surface area contributed by atoms with Gasteiger partial charge in [0.15, 0.2) is 6.23 Å². The van der Waals surface area contributed by atoms with E-state index in [2.05, 4.69) is 32.3 Å². The summed E-state index contributed by atoms with van der Waals surface area (Å²) in [6.07, 6.45) is 4.73. The summed E-state index contributed by atoms with van der Waals surface area (Å²) >= 11 is 11.9. The predicted octanol–water partition coefficient (Wildman–Crippen LogP) is 5.47. The zero-order valence-electron chi connectivity index (χ0n) is 18.0. The molecule has 1 fully saturated rings. The van der Waals surface area contributed by atoms with Crippen molar-refractivity contribution >= 4 is 40.7 Å². The largest absolute Gasteiger partial charge is 0.369 e.